The Kier molecular flexibility index (Phi) is 5.95. The zero-order valence-electron chi connectivity index (χ0n) is 17.9. The van der Waals surface area contributed by atoms with Gasteiger partial charge in [0.1, 0.15) is 0 Å². The molecular formula is C24H29N3O3. The van der Waals surface area contributed by atoms with E-state index in [2.05, 4.69) is 52.2 Å². The van der Waals surface area contributed by atoms with Crippen LogP contribution in [-0.2, 0) is 11.3 Å². The van der Waals surface area contributed by atoms with E-state index >= 15 is 0 Å². The summed E-state index contributed by atoms with van der Waals surface area (Å²) in [6.07, 6.45) is 2.57. The topological polar surface area (TPSA) is 55.7 Å². The maximum absolute atomic E-state index is 12.8. The van der Waals surface area contributed by atoms with Crippen molar-refractivity contribution in [3.63, 3.8) is 0 Å². The Morgan fingerprint density at radius 3 is 2.77 bits per heavy atom. The third-order valence-electron chi connectivity index (χ3n) is 5.61. The summed E-state index contributed by atoms with van der Waals surface area (Å²) in [4.78, 5) is 14.9. The van der Waals surface area contributed by atoms with Crippen LogP contribution in [0.2, 0.25) is 0 Å². The van der Waals surface area contributed by atoms with Crippen molar-refractivity contribution < 1.29 is 14.3 Å². The SMILES string of the molecule is CCn1cc([C@H](CC(=O)NCCN(C)C)c2ccc3c(c2)OCO3)c2ccccc21. The standard InChI is InChI=1S/C24H29N3O3/c1-4-27-15-20(18-7-5-6-8-21(18)27)19(14-24(28)25-11-12-26(2)3)17-9-10-22-23(13-17)30-16-29-22/h5-10,13,15,19H,4,11-12,14,16H2,1-3H3,(H,25,28)/t19-/m1/s1. The molecule has 0 bridgehead atoms. The van der Waals surface area contributed by atoms with Crippen LogP contribution in [0.25, 0.3) is 10.9 Å². The third kappa shape index (κ3) is 4.14. The zero-order valence-corrected chi connectivity index (χ0v) is 17.9. The molecule has 0 saturated carbocycles. The molecular weight excluding hydrogens is 378 g/mol. The van der Waals surface area contributed by atoms with E-state index in [0.717, 1.165) is 35.7 Å². The first kappa shape index (κ1) is 20.3. The first-order chi connectivity index (χ1) is 14.6. The fraction of sp³-hybridized carbons (Fsp3) is 0.375. The number of nitrogens with zero attached hydrogens (tertiary/aromatic N) is 2. The Bertz CT molecular complexity index is 1040. The highest BCUT2D eigenvalue weighted by Crippen LogP contribution is 2.40. The lowest BCUT2D eigenvalue weighted by atomic mass is 9.87. The molecule has 0 saturated heterocycles. The van der Waals surface area contributed by atoms with Gasteiger partial charge in [0.2, 0.25) is 12.7 Å². The predicted molar refractivity (Wildman–Crippen MR) is 118 cm³/mol. The van der Waals surface area contributed by atoms with Crippen molar-refractivity contribution in [3.8, 4) is 11.5 Å². The number of aryl methyl sites for hydroxylation is 1. The van der Waals surface area contributed by atoms with Crippen LogP contribution in [0.1, 0.15) is 30.4 Å². The molecule has 2 aromatic carbocycles. The van der Waals surface area contributed by atoms with Gasteiger partial charge in [-0.3, -0.25) is 4.79 Å². The van der Waals surface area contributed by atoms with Crippen molar-refractivity contribution in [2.24, 2.45) is 0 Å². The number of rotatable bonds is 8. The molecule has 1 aliphatic rings. The summed E-state index contributed by atoms with van der Waals surface area (Å²) in [5, 5.41) is 4.25. The summed E-state index contributed by atoms with van der Waals surface area (Å²) < 4.78 is 13.3. The minimum Gasteiger partial charge on any atom is -0.454 e. The van der Waals surface area contributed by atoms with Crippen molar-refractivity contribution in [3.05, 3.63) is 59.8 Å². The minimum absolute atomic E-state index is 0.0489. The van der Waals surface area contributed by atoms with Gasteiger partial charge in [-0.1, -0.05) is 24.3 Å². The monoisotopic (exact) mass is 407 g/mol. The third-order valence-corrected chi connectivity index (χ3v) is 5.61. The Hall–Kier alpha value is -2.99. The van der Waals surface area contributed by atoms with Crippen LogP contribution in [0, 0.1) is 0 Å². The summed E-state index contributed by atoms with van der Waals surface area (Å²) in [5.41, 5.74) is 3.41. The summed E-state index contributed by atoms with van der Waals surface area (Å²) in [6, 6.07) is 14.4. The second-order valence-electron chi connectivity index (χ2n) is 7.91. The molecule has 6 nitrogen and oxygen atoms in total. The average molecular weight is 408 g/mol. The van der Waals surface area contributed by atoms with E-state index in [0.29, 0.717) is 13.0 Å². The maximum atomic E-state index is 12.8. The molecule has 3 aromatic rings. The average Bonchev–Trinajstić information content (AvgIpc) is 3.35. The van der Waals surface area contributed by atoms with Gasteiger partial charge in [0.15, 0.2) is 11.5 Å². The lowest BCUT2D eigenvalue weighted by Gasteiger charge is -2.18. The molecule has 4 rings (SSSR count). The number of fused-ring (bicyclic) bond motifs is 2. The first-order valence-corrected chi connectivity index (χ1v) is 10.5. The number of ether oxygens (including phenoxy) is 2. The molecule has 0 aliphatic carbocycles. The zero-order chi connectivity index (χ0) is 21.1. The number of amides is 1. The molecule has 0 radical (unpaired) electrons. The van der Waals surface area contributed by atoms with Gasteiger partial charge in [-0.05, 0) is 50.3 Å². The molecule has 2 heterocycles. The fourth-order valence-electron chi connectivity index (χ4n) is 4.03. The molecule has 158 valence electrons. The molecule has 0 unspecified atom stereocenters. The Balaban J connectivity index is 1.70. The van der Waals surface area contributed by atoms with Crippen molar-refractivity contribution >= 4 is 16.8 Å². The summed E-state index contributed by atoms with van der Waals surface area (Å²) in [5.74, 6) is 1.47. The van der Waals surface area contributed by atoms with Gasteiger partial charge >= 0.3 is 0 Å². The Morgan fingerprint density at radius 1 is 1.17 bits per heavy atom. The molecule has 1 aliphatic heterocycles. The number of benzene rings is 2. The van der Waals surface area contributed by atoms with Crippen LogP contribution in [-0.4, -0.2) is 49.4 Å². The number of aromatic nitrogens is 1. The van der Waals surface area contributed by atoms with E-state index in [9.17, 15) is 4.79 Å². The van der Waals surface area contributed by atoms with Gasteiger partial charge < -0.3 is 24.3 Å². The second-order valence-corrected chi connectivity index (χ2v) is 7.91. The summed E-state index contributed by atoms with van der Waals surface area (Å²) in [7, 11) is 4.00. The normalized spacial score (nSPS) is 13.7. The van der Waals surface area contributed by atoms with Gasteiger partial charge in [0.25, 0.3) is 0 Å². The largest absolute Gasteiger partial charge is 0.454 e. The predicted octanol–water partition coefficient (Wildman–Crippen LogP) is 3.59. The molecule has 6 heteroatoms. The van der Waals surface area contributed by atoms with Crippen LogP contribution in [0.15, 0.2) is 48.7 Å². The molecule has 30 heavy (non-hydrogen) atoms. The van der Waals surface area contributed by atoms with Crippen LogP contribution < -0.4 is 14.8 Å². The van der Waals surface area contributed by atoms with Crippen LogP contribution in [0.5, 0.6) is 11.5 Å². The van der Waals surface area contributed by atoms with Gasteiger partial charge in [-0.15, -0.1) is 0 Å². The molecule has 1 amide bonds. The smallest absolute Gasteiger partial charge is 0.231 e. The maximum Gasteiger partial charge on any atom is 0.231 e. The van der Waals surface area contributed by atoms with Gasteiger partial charge in [-0.2, -0.15) is 0 Å². The Morgan fingerprint density at radius 2 is 1.97 bits per heavy atom. The number of carbonyl (C=O) groups excluding carboxylic acids is 1. The summed E-state index contributed by atoms with van der Waals surface area (Å²) >= 11 is 0. The minimum atomic E-state index is -0.0726. The number of carbonyl (C=O) groups is 1. The van der Waals surface area contributed by atoms with Crippen molar-refractivity contribution in [1.29, 1.82) is 0 Å². The van der Waals surface area contributed by atoms with E-state index in [4.69, 9.17) is 9.47 Å². The number of para-hydroxylation sites is 1. The van der Waals surface area contributed by atoms with Crippen LogP contribution in [0.4, 0.5) is 0 Å². The lowest BCUT2D eigenvalue weighted by Crippen LogP contribution is -2.32. The van der Waals surface area contributed by atoms with Crippen LogP contribution in [0.3, 0.4) is 0 Å². The number of nitrogens with one attached hydrogen (secondary N) is 1. The fourth-order valence-corrected chi connectivity index (χ4v) is 4.03. The molecule has 0 fully saturated rings. The Labute approximate surface area is 177 Å². The van der Waals surface area contributed by atoms with E-state index in [-0.39, 0.29) is 18.6 Å². The molecule has 1 aromatic heterocycles. The van der Waals surface area contributed by atoms with E-state index in [1.54, 1.807) is 0 Å². The molecule has 1 N–H and O–H groups in total. The molecule has 0 spiro atoms. The number of hydrogen-bond donors (Lipinski definition) is 1. The van der Waals surface area contributed by atoms with Gasteiger partial charge in [0.05, 0.1) is 0 Å². The van der Waals surface area contributed by atoms with Gasteiger partial charge in [-0.25, -0.2) is 0 Å². The summed E-state index contributed by atoms with van der Waals surface area (Å²) in [6.45, 7) is 4.71. The molecule has 1 atom stereocenters. The van der Waals surface area contributed by atoms with E-state index < -0.39 is 0 Å². The van der Waals surface area contributed by atoms with Crippen molar-refractivity contribution in [2.75, 3.05) is 34.0 Å². The number of hydrogen-bond acceptors (Lipinski definition) is 4. The number of likely N-dealkylation sites (N-methyl/N-ethyl adjacent to an activating group) is 1. The van der Waals surface area contributed by atoms with Gasteiger partial charge in [0, 0.05) is 49.1 Å². The second kappa shape index (κ2) is 8.79. The highest BCUT2D eigenvalue weighted by atomic mass is 16.7. The van der Waals surface area contributed by atoms with E-state index in [1.165, 1.54) is 10.9 Å². The van der Waals surface area contributed by atoms with E-state index in [1.807, 2.05) is 32.3 Å². The highest BCUT2D eigenvalue weighted by molar-refractivity contribution is 5.86. The highest BCUT2D eigenvalue weighted by Gasteiger charge is 2.25. The quantitative estimate of drug-likeness (QED) is 0.620. The van der Waals surface area contributed by atoms with Crippen LogP contribution >= 0.6 is 0 Å². The first-order valence-electron chi connectivity index (χ1n) is 10.5. The van der Waals surface area contributed by atoms with Crippen molar-refractivity contribution in [1.82, 2.24) is 14.8 Å². The lowest BCUT2D eigenvalue weighted by molar-refractivity contribution is -0.121. The van der Waals surface area contributed by atoms with Crippen molar-refractivity contribution in [2.45, 2.75) is 25.8 Å².